The lowest BCUT2D eigenvalue weighted by Crippen LogP contribution is -2.47. The standard InChI is InChI=1S/C13H17ClN2/c1-16-9-10-3-2-4-11(14)12(10)13(16)5-7-15-8-6-13/h2-4,15H,5-9H2,1H3. The van der Waals surface area contributed by atoms with Gasteiger partial charge in [0.1, 0.15) is 0 Å². The monoisotopic (exact) mass is 236 g/mol. The molecule has 0 amide bonds. The Hall–Kier alpha value is -0.570. The quantitative estimate of drug-likeness (QED) is 0.744. The lowest BCUT2D eigenvalue weighted by Gasteiger charge is -2.41. The van der Waals surface area contributed by atoms with Crippen LogP contribution in [0.5, 0.6) is 0 Å². The molecule has 16 heavy (non-hydrogen) atoms. The van der Waals surface area contributed by atoms with Crippen LogP contribution in [0.15, 0.2) is 18.2 Å². The van der Waals surface area contributed by atoms with Crippen molar-refractivity contribution in [2.75, 3.05) is 20.1 Å². The van der Waals surface area contributed by atoms with Crippen molar-refractivity contribution in [3.05, 3.63) is 34.3 Å². The molecule has 0 aliphatic carbocycles. The van der Waals surface area contributed by atoms with Gasteiger partial charge in [0.2, 0.25) is 0 Å². The van der Waals surface area contributed by atoms with Gasteiger partial charge in [-0.2, -0.15) is 0 Å². The molecule has 3 rings (SSSR count). The van der Waals surface area contributed by atoms with Gasteiger partial charge < -0.3 is 5.32 Å². The van der Waals surface area contributed by atoms with Crippen LogP contribution in [0, 0.1) is 0 Å². The number of fused-ring (bicyclic) bond motifs is 2. The maximum Gasteiger partial charge on any atom is 0.0503 e. The van der Waals surface area contributed by atoms with E-state index in [0.717, 1.165) is 24.7 Å². The third kappa shape index (κ3) is 1.33. The molecule has 1 aromatic carbocycles. The van der Waals surface area contributed by atoms with Crippen LogP contribution in [0.2, 0.25) is 5.02 Å². The first-order chi connectivity index (χ1) is 7.74. The average molecular weight is 237 g/mol. The van der Waals surface area contributed by atoms with E-state index in [-0.39, 0.29) is 5.54 Å². The minimum absolute atomic E-state index is 0.193. The minimum Gasteiger partial charge on any atom is -0.317 e. The molecule has 1 aromatic rings. The molecule has 0 unspecified atom stereocenters. The van der Waals surface area contributed by atoms with Crippen LogP contribution in [0.4, 0.5) is 0 Å². The molecule has 0 radical (unpaired) electrons. The summed E-state index contributed by atoms with van der Waals surface area (Å²) in [5, 5.41) is 4.38. The number of hydrogen-bond acceptors (Lipinski definition) is 2. The van der Waals surface area contributed by atoms with Gasteiger partial charge >= 0.3 is 0 Å². The van der Waals surface area contributed by atoms with E-state index < -0.39 is 0 Å². The molecule has 0 bridgehead atoms. The third-order valence-corrected chi connectivity index (χ3v) is 4.45. The molecule has 2 nitrogen and oxygen atoms in total. The highest BCUT2D eigenvalue weighted by Crippen LogP contribution is 2.47. The van der Waals surface area contributed by atoms with Gasteiger partial charge in [-0.1, -0.05) is 23.7 Å². The Morgan fingerprint density at radius 1 is 1.31 bits per heavy atom. The summed E-state index contributed by atoms with van der Waals surface area (Å²) >= 11 is 6.41. The second-order valence-electron chi connectivity index (χ2n) is 4.91. The minimum atomic E-state index is 0.193. The van der Waals surface area contributed by atoms with Crippen molar-refractivity contribution in [2.45, 2.75) is 24.9 Å². The molecule has 1 spiro atoms. The van der Waals surface area contributed by atoms with Crippen molar-refractivity contribution in [1.29, 1.82) is 0 Å². The van der Waals surface area contributed by atoms with Crippen LogP contribution in [-0.2, 0) is 12.1 Å². The smallest absolute Gasteiger partial charge is 0.0503 e. The fourth-order valence-corrected chi connectivity index (χ4v) is 3.66. The van der Waals surface area contributed by atoms with Crippen molar-refractivity contribution < 1.29 is 0 Å². The first-order valence-electron chi connectivity index (χ1n) is 5.94. The van der Waals surface area contributed by atoms with E-state index in [1.165, 1.54) is 24.0 Å². The average Bonchev–Trinajstić information content (AvgIpc) is 2.55. The molecule has 2 heterocycles. The van der Waals surface area contributed by atoms with Crippen molar-refractivity contribution in [1.82, 2.24) is 10.2 Å². The number of piperidine rings is 1. The summed E-state index contributed by atoms with van der Waals surface area (Å²) in [6, 6.07) is 6.31. The fraction of sp³-hybridized carbons (Fsp3) is 0.538. The Balaban J connectivity index is 2.13. The summed E-state index contributed by atoms with van der Waals surface area (Å²) in [5.74, 6) is 0. The topological polar surface area (TPSA) is 15.3 Å². The highest BCUT2D eigenvalue weighted by atomic mass is 35.5. The number of halogens is 1. The molecule has 3 heteroatoms. The lowest BCUT2D eigenvalue weighted by atomic mass is 9.81. The molecule has 0 aromatic heterocycles. The predicted molar refractivity (Wildman–Crippen MR) is 66.7 cm³/mol. The number of benzene rings is 1. The maximum atomic E-state index is 6.41. The summed E-state index contributed by atoms with van der Waals surface area (Å²) in [6.07, 6.45) is 2.33. The van der Waals surface area contributed by atoms with E-state index in [0.29, 0.717) is 0 Å². The Bertz CT molecular complexity index is 410. The molecule has 1 saturated heterocycles. The van der Waals surface area contributed by atoms with E-state index in [1.54, 1.807) is 0 Å². The van der Waals surface area contributed by atoms with E-state index in [9.17, 15) is 0 Å². The third-order valence-electron chi connectivity index (χ3n) is 4.13. The molecule has 2 aliphatic heterocycles. The highest BCUT2D eigenvalue weighted by Gasteiger charge is 2.44. The number of nitrogens with zero attached hydrogens (tertiary/aromatic N) is 1. The summed E-state index contributed by atoms with van der Waals surface area (Å²) in [4.78, 5) is 2.48. The van der Waals surface area contributed by atoms with Crippen LogP contribution < -0.4 is 5.32 Å². The van der Waals surface area contributed by atoms with Gasteiger partial charge in [0.15, 0.2) is 0 Å². The van der Waals surface area contributed by atoms with Crippen molar-refractivity contribution in [3.8, 4) is 0 Å². The summed E-state index contributed by atoms with van der Waals surface area (Å²) < 4.78 is 0. The van der Waals surface area contributed by atoms with Crippen LogP contribution >= 0.6 is 11.6 Å². The molecule has 0 saturated carbocycles. The van der Waals surface area contributed by atoms with Crippen molar-refractivity contribution in [3.63, 3.8) is 0 Å². The van der Waals surface area contributed by atoms with Gasteiger partial charge in [-0.3, -0.25) is 4.90 Å². The van der Waals surface area contributed by atoms with Crippen LogP contribution in [-0.4, -0.2) is 25.0 Å². The van der Waals surface area contributed by atoms with Gasteiger partial charge in [-0.25, -0.2) is 0 Å². The van der Waals surface area contributed by atoms with Gasteiger partial charge in [-0.05, 0) is 50.2 Å². The number of rotatable bonds is 0. The van der Waals surface area contributed by atoms with Gasteiger partial charge in [-0.15, -0.1) is 0 Å². The van der Waals surface area contributed by atoms with E-state index in [2.05, 4.69) is 29.4 Å². The molecular formula is C13H17ClN2. The van der Waals surface area contributed by atoms with Crippen LogP contribution in [0.25, 0.3) is 0 Å². The molecule has 1 N–H and O–H groups in total. The Morgan fingerprint density at radius 2 is 2.06 bits per heavy atom. The van der Waals surface area contributed by atoms with E-state index in [1.807, 2.05) is 6.07 Å². The summed E-state index contributed by atoms with van der Waals surface area (Å²) in [5.41, 5.74) is 3.00. The van der Waals surface area contributed by atoms with Crippen molar-refractivity contribution >= 4 is 11.6 Å². The number of hydrogen-bond donors (Lipinski definition) is 1. The zero-order valence-corrected chi connectivity index (χ0v) is 10.3. The van der Waals surface area contributed by atoms with Gasteiger partial charge in [0, 0.05) is 11.6 Å². The lowest BCUT2D eigenvalue weighted by molar-refractivity contribution is 0.0967. The Morgan fingerprint density at radius 3 is 2.81 bits per heavy atom. The first-order valence-corrected chi connectivity index (χ1v) is 6.32. The largest absolute Gasteiger partial charge is 0.317 e. The maximum absolute atomic E-state index is 6.41. The van der Waals surface area contributed by atoms with Crippen molar-refractivity contribution in [2.24, 2.45) is 0 Å². The molecule has 2 aliphatic rings. The molecule has 1 fully saturated rings. The fourth-order valence-electron chi connectivity index (χ4n) is 3.29. The predicted octanol–water partition coefficient (Wildman–Crippen LogP) is 2.36. The summed E-state index contributed by atoms with van der Waals surface area (Å²) in [6.45, 7) is 3.22. The van der Waals surface area contributed by atoms with Crippen LogP contribution in [0.1, 0.15) is 24.0 Å². The number of nitrogens with one attached hydrogen (secondary N) is 1. The Kier molecular flexibility index (Phi) is 2.46. The second kappa shape index (κ2) is 3.73. The molecular weight excluding hydrogens is 220 g/mol. The van der Waals surface area contributed by atoms with Gasteiger partial charge in [0.25, 0.3) is 0 Å². The Labute approximate surface area is 102 Å². The van der Waals surface area contributed by atoms with E-state index in [4.69, 9.17) is 11.6 Å². The van der Waals surface area contributed by atoms with E-state index >= 15 is 0 Å². The first kappa shape index (κ1) is 10.6. The molecule has 0 atom stereocenters. The normalized spacial score (nSPS) is 23.6. The van der Waals surface area contributed by atoms with Crippen LogP contribution in [0.3, 0.4) is 0 Å². The summed E-state index contributed by atoms with van der Waals surface area (Å²) in [7, 11) is 2.22. The molecule has 86 valence electrons. The zero-order chi connectivity index (χ0) is 11.2. The van der Waals surface area contributed by atoms with Gasteiger partial charge in [0.05, 0.1) is 5.54 Å². The zero-order valence-electron chi connectivity index (χ0n) is 9.59. The SMILES string of the molecule is CN1Cc2cccc(Cl)c2C12CCNCC2. The second-order valence-corrected chi connectivity index (χ2v) is 5.32. The highest BCUT2D eigenvalue weighted by molar-refractivity contribution is 6.31.